The Morgan fingerprint density at radius 3 is 0.962 bits per heavy atom. The van der Waals surface area contributed by atoms with Gasteiger partial charge in [0.1, 0.15) is 22.4 Å². The summed E-state index contributed by atoms with van der Waals surface area (Å²) in [6.45, 7) is 27.7. The van der Waals surface area contributed by atoms with Crippen molar-refractivity contribution >= 4 is 0 Å². The van der Waals surface area contributed by atoms with Gasteiger partial charge in [0.25, 0.3) is 0 Å². The van der Waals surface area contributed by atoms with E-state index in [1.54, 1.807) is 24.3 Å². The summed E-state index contributed by atoms with van der Waals surface area (Å²) in [5.41, 5.74) is 1.43. The Hall–Kier alpha value is -2.92. The fourth-order valence-electron chi connectivity index (χ4n) is 4.63. The number of allylic oxidation sites excluding steroid dienone is 8. The third-order valence-corrected chi connectivity index (χ3v) is 6.72. The van der Waals surface area contributed by atoms with Crippen molar-refractivity contribution in [3.63, 3.8) is 0 Å². The molecule has 0 aromatic heterocycles. The van der Waals surface area contributed by atoms with Crippen LogP contribution in [0.1, 0.15) is 148 Å². The van der Waals surface area contributed by atoms with Gasteiger partial charge in [-0.25, -0.2) is 23.3 Å². The van der Waals surface area contributed by atoms with Crippen LogP contribution in [0.2, 0.25) is 0 Å². The van der Waals surface area contributed by atoms with E-state index >= 15 is 0 Å². The zero-order valence-corrected chi connectivity index (χ0v) is 37.9. The molecule has 2 N–H and O–H groups in total. The molecular formula is C46H70O6Zr. The van der Waals surface area contributed by atoms with Gasteiger partial charge in [0.15, 0.2) is 23.0 Å². The predicted molar refractivity (Wildman–Crippen MR) is 218 cm³/mol. The molecule has 0 atom stereocenters. The summed E-state index contributed by atoms with van der Waals surface area (Å²) in [4.78, 5) is 0. The van der Waals surface area contributed by atoms with Crippen molar-refractivity contribution in [2.45, 2.75) is 171 Å². The molecule has 6 nitrogen and oxygen atoms in total. The second kappa shape index (κ2) is 23.8. The standard InChI is InChI=1S/2C14H22O3.2C9H13.Zr/c2*1-13(2,3)16-10-8-7-9-11(12(10)15)17-14(4,5)6;2*1-2-3-6-9-7-4-5-8-9;/h2*7-9,15H,1-6H3;2*4,7H,2-3,5-6H2,1H3;/q;;2*-1;+2. The molecule has 2 aliphatic carbocycles. The molecule has 0 unspecified atom stereocenters. The number of unbranched alkanes of at least 4 members (excludes halogenated alkanes) is 2. The molecule has 2 aliphatic rings. The first-order valence-corrected chi connectivity index (χ1v) is 19.0. The fraction of sp³-hybridized carbons (Fsp3) is 0.565. The van der Waals surface area contributed by atoms with E-state index in [1.807, 2.05) is 95.2 Å². The van der Waals surface area contributed by atoms with E-state index in [0.29, 0.717) is 23.0 Å². The smallest absolute Gasteiger partial charge is 0.502 e. The van der Waals surface area contributed by atoms with Crippen molar-refractivity contribution in [3.8, 4) is 34.5 Å². The first-order valence-electron chi connectivity index (χ1n) is 19.0. The molecule has 0 spiro atoms. The van der Waals surface area contributed by atoms with Crippen molar-refractivity contribution in [1.82, 2.24) is 0 Å². The number of aromatic hydroxyl groups is 2. The van der Waals surface area contributed by atoms with E-state index in [2.05, 4.69) is 50.3 Å². The minimum Gasteiger partial charge on any atom is -0.502 e. The summed E-state index contributed by atoms with van der Waals surface area (Å²) >= 11 is 0. The molecular weight excluding hydrogens is 740 g/mol. The maximum atomic E-state index is 10.1. The van der Waals surface area contributed by atoms with Crippen LogP contribution < -0.4 is 18.9 Å². The first kappa shape index (κ1) is 50.1. The molecule has 294 valence electrons. The van der Waals surface area contributed by atoms with Gasteiger partial charge in [0.2, 0.25) is 11.5 Å². The van der Waals surface area contributed by atoms with Crippen LogP contribution >= 0.6 is 0 Å². The van der Waals surface area contributed by atoms with Crippen molar-refractivity contribution in [2.24, 2.45) is 0 Å². The van der Waals surface area contributed by atoms with Gasteiger partial charge in [-0.1, -0.05) is 64.5 Å². The van der Waals surface area contributed by atoms with E-state index in [4.69, 9.17) is 18.9 Å². The van der Waals surface area contributed by atoms with Gasteiger partial charge in [-0.15, -0.1) is 12.8 Å². The quantitative estimate of drug-likeness (QED) is 0.233. The topological polar surface area (TPSA) is 77.4 Å². The average molecular weight is 810 g/mol. The molecule has 0 amide bonds. The van der Waals surface area contributed by atoms with Gasteiger partial charge < -0.3 is 29.2 Å². The van der Waals surface area contributed by atoms with E-state index in [9.17, 15) is 10.2 Å². The van der Waals surface area contributed by atoms with E-state index in [1.165, 1.54) is 49.7 Å². The molecule has 0 saturated heterocycles. The number of phenolic OH excluding ortho intramolecular Hbond substituents is 2. The maximum Gasteiger partial charge on any atom is 2.00 e. The van der Waals surface area contributed by atoms with Gasteiger partial charge in [0, 0.05) is 0 Å². The van der Waals surface area contributed by atoms with Crippen LogP contribution in [0.5, 0.6) is 34.5 Å². The van der Waals surface area contributed by atoms with Crippen molar-refractivity contribution in [3.05, 3.63) is 84.0 Å². The molecule has 2 aromatic carbocycles. The van der Waals surface area contributed by atoms with Crippen LogP contribution in [0.3, 0.4) is 0 Å². The third kappa shape index (κ3) is 24.2. The molecule has 0 saturated carbocycles. The minimum absolute atomic E-state index is 0. The largest absolute Gasteiger partial charge is 2.00 e. The number of benzene rings is 2. The molecule has 0 heterocycles. The number of hydrogen-bond acceptors (Lipinski definition) is 6. The molecule has 0 fully saturated rings. The summed E-state index contributed by atoms with van der Waals surface area (Å²) in [6.07, 6.45) is 25.1. The second-order valence-corrected chi connectivity index (χ2v) is 16.9. The van der Waals surface area contributed by atoms with Crippen LogP contribution in [0.4, 0.5) is 0 Å². The number of rotatable bonds is 10. The van der Waals surface area contributed by atoms with Crippen LogP contribution in [0.25, 0.3) is 0 Å². The number of phenols is 2. The van der Waals surface area contributed by atoms with E-state index in [-0.39, 0.29) is 60.1 Å². The normalized spacial score (nSPS) is 13.5. The zero-order valence-electron chi connectivity index (χ0n) is 35.5. The average Bonchev–Trinajstić information content (AvgIpc) is 3.72. The molecule has 2 aromatic rings. The SMILES string of the molecule is CC(C)(C)Oc1cccc(OC(C)(C)C)c1O.CC(C)(C)Oc1cccc(OC(C)(C)C)c1O.CCCCC1=[C-]CC=C1.CCCCC1=[C-]CC=C1.[Zr+2]. The van der Waals surface area contributed by atoms with Crippen molar-refractivity contribution in [2.75, 3.05) is 0 Å². The number of hydrogen-bond donors (Lipinski definition) is 2. The van der Waals surface area contributed by atoms with Crippen LogP contribution in [0.15, 0.2) is 71.8 Å². The summed E-state index contributed by atoms with van der Waals surface area (Å²) in [5.74, 6) is 1.88. The van der Waals surface area contributed by atoms with Crippen LogP contribution in [-0.2, 0) is 26.2 Å². The predicted octanol–water partition coefficient (Wildman–Crippen LogP) is 13.2. The van der Waals surface area contributed by atoms with Crippen molar-refractivity contribution < 1.29 is 55.4 Å². The Labute approximate surface area is 342 Å². The molecule has 4 rings (SSSR count). The molecule has 0 radical (unpaired) electrons. The molecule has 0 bridgehead atoms. The Morgan fingerprint density at radius 1 is 0.509 bits per heavy atom. The Balaban J connectivity index is 0.000000704. The number of para-hydroxylation sites is 2. The van der Waals surface area contributed by atoms with E-state index in [0.717, 1.165) is 12.8 Å². The summed E-state index contributed by atoms with van der Waals surface area (Å²) in [7, 11) is 0. The van der Waals surface area contributed by atoms with Gasteiger partial charge in [-0.3, -0.25) is 12.2 Å². The zero-order chi connectivity index (χ0) is 39.6. The van der Waals surface area contributed by atoms with Gasteiger partial charge in [-0.05, 0) is 107 Å². The first-order chi connectivity index (χ1) is 24.0. The third-order valence-electron chi connectivity index (χ3n) is 6.72. The van der Waals surface area contributed by atoms with Crippen LogP contribution in [-0.4, -0.2) is 32.6 Å². The van der Waals surface area contributed by atoms with Crippen molar-refractivity contribution in [1.29, 1.82) is 0 Å². The molecule has 53 heavy (non-hydrogen) atoms. The van der Waals surface area contributed by atoms with Gasteiger partial charge in [0.05, 0.1) is 0 Å². The van der Waals surface area contributed by atoms with E-state index < -0.39 is 0 Å². The monoisotopic (exact) mass is 808 g/mol. The van der Waals surface area contributed by atoms with Gasteiger partial charge in [-0.2, -0.15) is 12.2 Å². The summed E-state index contributed by atoms with van der Waals surface area (Å²) in [6, 6.07) is 10.5. The summed E-state index contributed by atoms with van der Waals surface area (Å²) < 4.78 is 22.6. The summed E-state index contributed by atoms with van der Waals surface area (Å²) in [5, 5.41) is 20.1. The fourth-order valence-corrected chi connectivity index (χ4v) is 4.63. The number of ether oxygens (including phenoxy) is 4. The minimum atomic E-state index is -0.349. The molecule has 7 heteroatoms. The van der Waals surface area contributed by atoms with Gasteiger partial charge >= 0.3 is 26.2 Å². The van der Waals surface area contributed by atoms with Crippen LogP contribution in [0, 0.1) is 12.2 Å². The Bertz CT molecular complexity index is 1280. The Morgan fingerprint density at radius 2 is 0.774 bits per heavy atom. The Kier molecular flexibility index (Phi) is 22.5. The maximum absolute atomic E-state index is 10.1. The molecule has 0 aliphatic heterocycles. The second-order valence-electron chi connectivity index (χ2n) is 16.9.